The molecule has 0 saturated carbocycles. The first kappa shape index (κ1) is 17.9. The number of benzene rings is 2. The van der Waals surface area contributed by atoms with Crippen LogP contribution in [0.15, 0.2) is 48.5 Å². The molecule has 4 heteroatoms. The van der Waals surface area contributed by atoms with Crippen molar-refractivity contribution in [2.45, 2.75) is 32.6 Å². The molecule has 2 aromatic carbocycles. The SMILES string of the molecule is CC(C)C(CC(=O)O)C(C)(c1ccc(O)cc1)c1ccc(O)cc1. The highest BCUT2D eigenvalue weighted by atomic mass is 16.4. The lowest BCUT2D eigenvalue weighted by atomic mass is 9.62. The number of hydrogen-bond acceptors (Lipinski definition) is 3. The van der Waals surface area contributed by atoms with Gasteiger partial charge in [0, 0.05) is 11.8 Å². The van der Waals surface area contributed by atoms with Crippen LogP contribution in [0.3, 0.4) is 0 Å². The van der Waals surface area contributed by atoms with Gasteiger partial charge in [-0.05, 0) is 47.2 Å². The van der Waals surface area contributed by atoms with Gasteiger partial charge in [-0.15, -0.1) is 0 Å². The molecule has 2 rings (SSSR count). The molecule has 1 atom stereocenters. The van der Waals surface area contributed by atoms with Crippen molar-refractivity contribution in [3.8, 4) is 11.5 Å². The van der Waals surface area contributed by atoms with Gasteiger partial charge < -0.3 is 15.3 Å². The van der Waals surface area contributed by atoms with Crippen molar-refractivity contribution in [3.63, 3.8) is 0 Å². The molecule has 0 amide bonds. The minimum absolute atomic E-state index is 0.0376. The molecule has 0 saturated heterocycles. The Morgan fingerprint density at radius 3 is 1.58 bits per heavy atom. The fraction of sp³-hybridized carbons (Fsp3) is 0.350. The molecular weight excluding hydrogens is 304 g/mol. The summed E-state index contributed by atoms with van der Waals surface area (Å²) in [5.74, 6) is -0.507. The van der Waals surface area contributed by atoms with Crippen LogP contribution in [0.2, 0.25) is 0 Å². The first-order valence-corrected chi connectivity index (χ1v) is 8.06. The lowest BCUT2D eigenvalue weighted by Crippen LogP contribution is -2.38. The number of carboxylic acids is 1. The Hall–Kier alpha value is -2.49. The molecule has 0 aromatic heterocycles. The number of aliphatic carboxylic acids is 1. The zero-order chi connectivity index (χ0) is 17.9. The van der Waals surface area contributed by atoms with E-state index in [-0.39, 0.29) is 29.8 Å². The van der Waals surface area contributed by atoms with E-state index >= 15 is 0 Å². The Labute approximate surface area is 142 Å². The molecule has 24 heavy (non-hydrogen) atoms. The predicted octanol–water partition coefficient (Wildman–Crippen LogP) is 4.15. The van der Waals surface area contributed by atoms with Crippen LogP contribution in [-0.4, -0.2) is 21.3 Å². The number of phenolic OH excluding ortho intramolecular Hbond substituents is 2. The maximum Gasteiger partial charge on any atom is 0.303 e. The van der Waals surface area contributed by atoms with E-state index in [2.05, 4.69) is 0 Å². The number of aromatic hydroxyl groups is 2. The minimum atomic E-state index is -0.836. The number of rotatable bonds is 6. The van der Waals surface area contributed by atoms with Crippen LogP contribution in [0.5, 0.6) is 11.5 Å². The third-order valence-corrected chi connectivity index (χ3v) is 4.87. The molecule has 1 unspecified atom stereocenters. The van der Waals surface area contributed by atoms with E-state index in [0.29, 0.717) is 0 Å². The van der Waals surface area contributed by atoms with Crippen molar-refractivity contribution in [2.75, 3.05) is 0 Å². The highest BCUT2D eigenvalue weighted by Crippen LogP contribution is 2.44. The molecule has 0 spiro atoms. The monoisotopic (exact) mass is 328 g/mol. The van der Waals surface area contributed by atoms with Gasteiger partial charge in [0.05, 0.1) is 0 Å². The zero-order valence-corrected chi connectivity index (χ0v) is 14.2. The van der Waals surface area contributed by atoms with Crippen LogP contribution in [0.1, 0.15) is 38.3 Å². The van der Waals surface area contributed by atoms with Gasteiger partial charge in [0.2, 0.25) is 0 Å². The van der Waals surface area contributed by atoms with E-state index in [1.807, 2.05) is 45.0 Å². The van der Waals surface area contributed by atoms with Crippen molar-refractivity contribution < 1.29 is 20.1 Å². The van der Waals surface area contributed by atoms with Crippen molar-refractivity contribution in [1.82, 2.24) is 0 Å². The molecular formula is C20H24O4. The summed E-state index contributed by atoms with van der Waals surface area (Å²) >= 11 is 0. The Morgan fingerprint density at radius 1 is 0.917 bits per heavy atom. The van der Waals surface area contributed by atoms with Crippen LogP contribution in [-0.2, 0) is 10.2 Å². The van der Waals surface area contributed by atoms with Gasteiger partial charge in [-0.25, -0.2) is 0 Å². The number of phenols is 2. The predicted molar refractivity (Wildman–Crippen MR) is 93.2 cm³/mol. The Kier molecular flexibility index (Phi) is 5.17. The van der Waals surface area contributed by atoms with Gasteiger partial charge in [-0.1, -0.05) is 45.0 Å². The molecule has 0 fully saturated rings. The summed E-state index contributed by atoms with van der Waals surface area (Å²) in [4.78, 5) is 11.5. The summed E-state index contributed by atoms with van der Waals surface area (Å²) in [5, 5.41) is 28.6. The largest absolute Gasteiger partial charge is 0.508 e. The fourth-order valence-corrected chi connectivity index (χ4v) is 3.50. The topological polar surface area (TPSA) is 77.8 Å². The smallest absolute Gasteiger partial charge is 0.303 e. The molecule has 3 N–H and O–H groups in total. The molecule has 0 aliphatic carbocycles. The average molecular weight is 328 g/mol. The minimum Gasteiger partial charge on any atom is -0.508 e. The lowest BCUT2D eigenvalue weighted by Gasteiger charge is -2.41. The van der Waals surface area contributed by atoms with Crippen LogP contribution < -0.4 is 0 Å². The van der Waals surface area contributed by atoms with Gasteiger partial charge >= 0.3 is 5.97 Å². The quantitative estimate of drug-likeness (QED) is 0.744. The molecule has 0 heterocycles. The highest BCUT2D eigenvalue weighted by molar-refractivity contribution is 5.67. The zero-order valence-electron chi connectivity index (χ0n) is 14.2. The molecule has 0 radical (unpaired) electrons. The Balaban J connectivity index is 2.64. The van der Waals surface area contributed by atoms with Gasteiger partial charge in [0.25, 0.3) is 0 Å². The summed E-state index contributed by atoms with van der Waals surface area (Å²) in [7, 11) is 0. The third-order valence-electron chi connectivity index (χ3n) is 4.87. The third kappa shape index (κ3) is 3.53. The molecule has 128 valence electrons. The first-order valence-electron chi connectivity index (χ1n) is 8.06. The molecule has 0 bridgehead atoms. The Bertz CT molecular complexity index is 641. The summed E-state index contributed by atoms with van der Waals surface area (Å²) < 4.78 is 0. The molecule has 0 aliphatic heterocycles. The number of carbonyl (C=O) groups is 1. The normalized spacial score (nSPS) is 13.0. The van der Waals surface area contributed by atoms with Gasteiger partial charge in [-0.2, -0.15) is 0 Å². The van der Waals surface area contributed by atoms with E-state index in [1.54, 1.807) is 24.3 Å². The molecule has 4 nitrogen and oxygen atoms in total. The van der Waals surface area contributed by atoms with Crippen molar-refractivity contribution >= 4 is 5.97 Å². The van der Waals surface area contributed by atoms with Gasteiger partial charge in [-0.3, -0.25) is 4.79 Å². The van der Waals surface area contributed by atoms with Gasteiger partial charge in [0.1, 0.15) is 11.5 Å². The number of hydrogen-bond donors (Lipinski definition) is 3. The van der Waals surface area contributed by atoms with Crippen LogP contribution in [0.4, 0.5) is 0 Å². The van der Waals surface area contributed by atoms with Crippen molar-refractivity contribution in [2.24, 2.45) is 11.8 Å². The second-order valence-electron chi connectivity index (χ2n) is 6.74. The first-order chi connectivity index (χ1) is 11.2. The van der Waals surface area contributed by atoms with E-state index in [9.17, 15) is 20.1 Å². The maximum absolute atomic E-state index is 11.5. The summed E-state index contributed by atoms with van der Waals surface area (Å²) in [6.07, 6.45) is 0.0376. The van der Waals surface area contributed by atoms with Crippen LogP contribution in [0, 0.1) is 11.8 Å². The van der Waals surface area contributed by atoms with E-state index < -0.39 is 11.4 Å². The second-order valence-corrected chi connectivity index (χ2v) is 6.74. The fourth-order valence-electron chi connectivity index (χ4n) is 3.50. The molecule has 2 aromatic rings. The molecule has 0 aliphatic rings. The van der Waals surface area contributed by atoms with E-state index in [0.717, 1.165) is 11.1 Å². The van der Waals surface area contributed by atoms with E-state index in [1.165, 1.54) is 0 Å². The average Bonchev–Trinajstić information content (AvgIpc) is 2.53. The Morgan fingerprint density at radius 2 is 1.29 bits per heavy atom. The van der Waals surface area contributed by atoms with Crippen molar-refractivity contribution in [1.29, 1.82) is 0 Å². The highest BCUT2D eigenvalue weighted by Gasteiger charge is 2.40. The van der Waals surface area contributed by atoms with Crippen LogP contribution >= 0.6 is 0 Å². The van der Waals surface area contributed by atoms with Gasteiger partial charge in [0.15, 0.2) is 0 Å². The standard InChI is InChI=1S/C20H24O4/c1-13(2)18(12-19(23)24)20(3,14-4-8-16(21)9-5-14)15-6-10-17(22)11-7-15/h4-11,13,18,21-22H,12H2,1-3H3,(H,23,24). The summed E-state index contributed by atoms with van der Waals surface area (Å²) in [6, 6.07) is 13.8. The van der Waals surface area contributed by atoms with E-state index in [4.69, 9.17) is 0 Å². The number of carboxylic acid groups (broad SMARTS) is 1. The van der Waals surface area contributed by atoms with Crippen LogP contribution in [0.25, 0.3) is 0 Å². The second kappa shape index (κ2) is 6.95. The maximum atomic E-state index is 11.5. The van der Waals surface area contributed by atoms with Crippen molar-refractivity contribution in [3.05, 3.63) is 59.7 Å². The lowest BCUT2D eigenvalue weighted by molar-refractivity contribution is -0.139. The summed E-state index contributed by atoms with van der Waals surface area (Å²) in [6.45, 7) is 6.07. The summed E-state index contributed by atoms with van der Waals surface area (Å²) in [5.41, 5.74) is 1.31.